The molecule has 4 aromatic carbocycles. The molecule has 0 aliphatic carbocycles. The normalized spacial score (nSPS) is 17.9. The molecule has 170 valence electrons. The summed E-state index contributed by atoms with van der Waals surface area (Å²) in [5, 5.41) is 0. The first-order chi connectivity index (χ1) is 16.1. The van der Waals surface area contributed by atoms with Gasteiger partial charge in [0.15, 0.2) is 0 Å². The molecule has 0 radical (unpaired) electrons. The van der Waals surface area contributed by atoms with Crippen LogP contribution in [0.25, 0.3) is 11.1 Å². The van der Waals surface area contributed by atoms with E-state index in [1.54, 1.807) is 24.3 Å². The molecule has 4 aromatic rings. The van der Waals surface area contributed by atoms with Crippen LogP contribution in [0.2, 0.25) is 0 Å². The van der Waals surface area contributed by atoms with Crippen molar-refractivity contribution in [1.82, 2.24) is 0 Å². The van der Waals surface area contributed by atoms with Gasteiger partial charge in [-0.2, -0.15) is 0 Å². The standard InChI is InChI=1S/C24H14O7S3/c25-32(26)19-6-2-1-5-17(19)31-18-11-9-15(13-23(18)32)16-10-12-22-24(14-16)34(29,30)21-8-4-3-7-20(21)33(22,27)28/h1-14H. The summed E-state index contributed by atoms with van der Waals surface area (Å²) in [5.74, 6) is 0.385. The smallest absolute Gasteiger partial charge is 0.213 e. The Kier molecular flexibility index (Phi) is 4.21. The first kappa shape index (κ1) is 21.1. The van der Waals surface area contributed by atoms with Crippen LogP contribution in [0.1, 0.15) is 0 Å². The summed E-state index contributed by atoms with van der Waals surface area (Å²) in [4.78, 5) is -1.20. The Labute approximate surface area is 196 Å². The van der Waals surface area contributed by atoms with Gasteiger partial charge in [0.05, 0.1) is 19.6 Å². The second-order valence-corrected chi connectivity index (χ2v) is 13.5. The van der Waals surface area contributed by atoms with Gasteiger partial charge in [0.2, 0.25) is 29.5 Å². The van der Waals surface area contributed by atoms with Crippen LogP contribution in [0, 0.1) is 0 Å². The van der Waals surface area contributed by atoms with E-state index in [1.165, 1.54) is 60.7 Å². The number of fused-ring (bicyclic) bond motifs is 4. The lowest BCUT2D eigenvalue weighted by Crippen LogP contribution is -2.19. The van der Waals surface area contributed by atoms with Gasteiger partial charge >= 0.3 is 0 Å². The molecule has 0 atom stereocenters. The van der Waals surface area contributed by atoms with Gasteiger partial charge in [0.1, 0.15) is 21.3 Å². The Hall–Kier alpha value is -3.47. The van der Waals surface area contributed by atoms with E-state index >= 15 is 0 Å². The minimum absolute atomic E-state index is 0.0374. The number of sulfone groups is 3. The summed E-state index contributed by atoms with van der Waals surface area (Å²) >= 11 is 0. The van der Waals surface area contributed by atoms with Crippen molar-refractivity contribution in [1.29, 1.82) is 0 Å². The van der Waals surface area contributed by atoms with Crippen LogP contribution >= 0.6 is 0 Å². The van der Waals surface area contributed by atoms with Crippen LogP contribution in [0.15, 0.2) is 114 Å². The summed E-state index contributed by atoms with van der Waals surface area (Å²) < 4.78 is 84.8. The Morgan fingerprint density at radius 3 is 1.53 bits per heavy atom. The van der Waals surface area contributed by atoms with Crippen LogP contribution in [0.3, 0.4) is 0 Å². The van der Waals surface area contributed by atoms with E-state index in [9.17, 15) is 25.3 Å². The number of para-hydroxylation sites is 1. The van der Waals surface area contributed by atoms with Crippen molar-refractivity contribution in [2.24, 2.45) is 0 Å². The zero-order valence-electron chi connectivity index (χ0n) is 17.2. The van der Waals surface area contributed by atoms with Gasteiger partial charge in [0.25, 0.3) is 0 Å². The van der Waals surface area contributed by atoms with Crippen LogP contribution in [-0.2, 0) is 29.5 Å². The second kappa shape index (κ2) is 6.78. The molecule has 0 N–H and O–H groups in total. The molecule has 34 heavy (non-hydrogen) atoms. The third-order valence-electron chi connectivity index (χ3n) is 5.88. The zero-order chi connectivity index (χ0) is 23.9. The summed E-state index contributed by atoms with van der Waals surface area (Å²) in [6, 6.07) is 20.2. The minimum atomic E-state index is -4.11. The lowest BCUT2D eigenvalue weighted by atomic mass is 10.1. The Morgan fingerprint density at radius 1 is 0.412 bits per heavy atom. The molecule has 0 saturated carbocycles. The minimum Gasteiger partial charge on any atom is -0.455 e. The third kappa shape index (κ3) is 2.76. The Balaban J connectivity index is 1.54. The monoisotopic (exact) mass is 510 g/mol. The number of hydrogen-bond acceptors (Lipinski definition) is 7. The molecular weight excluding hydrogens is 496 g/mol. The molecule has 6 rings (SSSR count). The van der Waals surface area contributed by atoms with E-state index in [-0.39, 0.29) is 40.9 Å². The van der Waals surface area contributed by atoms with Gasteiger partial charge < -0.3 is 4.74 Å². The van der Waals surface area contributed by atoms with Gasteiger partial charge in [0, 0.05) is 0 Å². The van der Waals surface area contributed by atoms with Crippen molar-refractivity contribution in [3.63, 3.8) is 0 Å². The van der Waals surface area contributed by atoms with Gasteiger partial charge in [-0.1, -0.05) is 36.4 Å². The first-order valence-electron chi connectivity index (χ1n) is 10.0. The average Bonchev–Trinajstić information content (AvgIpc) is 2.83. The number of benzene rings is 4. The van der Waals surface area contributed by atoms with Gasteiger partial charge in [-0.15, -0.1) is 0 Å². The molecule has 7 nitrogen and oxygen atoms in total. The predicted molar refractivity (Wildman–Crippen MR) is 121 cm³/mol. The van der Waals surface area contributed by atoms with Crippen LogP contribution in [0.4, 0.5) is 0 Å². The predicted octanol–water partition coefficient (Wildman–Crippen LogP) is 4.27. The number of hydrogen-bond donors (Lipinski definition) is 0. The van der Waals surface area contributed by atoms with Gasteiger partial charge in [-0.05, 0) is 59.7 Å². The van der Waals surface area contributed by atoms with Gasteiger partial charge in [-0.3, -0.25) is 0 Å². The van der Waals surface area contributed by atoms with Gasteiger partial charge in [-0.25, -0.2) is 25.3 Å². The molecule has 0 saturated heterocycles. The maximum atomic E-state index is 13.3. The highest BCUT2D eigenvalue weighted by Crippen LogP contribution is 2.45. The largest absolute Gasteiger partial charge is 0.455 e. The molecule has 2 heterocycles. The van der Waals surface area contributed by atoms with E-state index in [1.807, 2.05) is 0 Å². The van der Waals surface area contributed by atoms with Crippen LogP contribution in [0.5, 0.6) is 11.5 Å². The summed E-state index contributed by atoms with van der Waals surface area (Å²) in [6.07, 6.45) is 0. The summed E-state index contributed by atoms with van der Waals surface area (Å²) in [5.41, 5.74) is 0.758. The highest BCUT2D eigenvalue weighted by Gasteiger charge is 2.39. The lowest BCUT2D eigenvalue weighted by Gasteiger charge is -2.22. The van der Waals surface area contributed by atoms with Crippen molar-refractivity contribution in [2.45, 2.75) is 29.4 Å². The molecule has 0 fully saturated rings. The van der Waals surface area contributed by atoms with Crippen molar-refractivity contribution >= 4 is 29.5 Å². The molecule has 2 aliphatic rings. The number of rotatable bonds is 1. The van der Waals surface area contributed by atoms with E-state index in [4.69, 9.17) is 4.74 Å². The highest BCUT2D eigenvalue weighted by molar-refractivity contribution is 7.97. The lowest BCUT2D eigenvalue weighted by molar-refractivity contribution is 0.443. The second-order valence-electron chi connectivity index (χ2n) is 7.83. The molecule has 0 spiro atoms. The first-order valence-corrected chi connectivity index (χ1v) is 14.5. The number of ether oxygens (including phenoxy) is 1. The quantitative estimate of drug-likeness (QED) is 0.325. The Bertz CT molecular complexity index is 1870. The molecule has 0 unspecified atom stereocenters. The van der Waals surface area contributed by atoms with E-state index in [0.29, 0.717) is 11.1 Å². The molecular formula is C24H14O7S3. The SMILES string of the molecule is O=S1(=O)c2ccccc2Oc2ccc(-c3ccc4c(c3)S(=O)(=O)c3ccccc3S4(=O)=O)cc21. The van der Waals surface area contributed by atoms with Crippen LogP contribution in [-0.4, -0.2) is 25.3 Å². The van der Waals surface area contributed by atoms with E-state index < -0.39 is 29.5 Å². The van der Waals surface area contributed by atoms with E-state index in [2.05, 4.69) is 0 Å². The average molecular weight is 511 g/mol. The summed E-state index contributed by atoms with van der Waals surface area (Å²) in [7, 11) is -12.0. The fourth-order valence-corrected chi connectivity index (χ4v) is 9.91. The fraction of sp³-hybridized carbons (Fsp3) is 0. The molecule has 0 amide bonds. The highest BCUT2D eigenvalue weighted by atomic mass is 32.2. The molecule has 2 aliphatic heterocycles. The third-order valence-corrected chi connectivity index (χ3v) is 11.7. The van der Waals surface area contributed by atoms with E-state index in [0.717, 1.165) is 0 Å². The topological polar surface area (TPSA) is 112 Å². The van der Waals surface area contributed by atoms with Crippen molar-refractivity contribution < 1.29 is 30.0 Å². The maximum absolute atomic E-state index is 13.3. The molecule has 0 bridgehead atoms. The van der Waals surface area contributed by atoms with Crippen molar-refractivity contribution in [3.05, 3.63) is 84.9 Å². The Morgan fingerprint density at radius 2 is 0.853 bits per heavy atom. The zero-order valence-corrected chi connectivity index (χ0v) is 19.6. The van der Waals surface area contributed by atoms with Crippen molar-refractivity contribution in [3.8, 4) is 22.6 Å². The van der Waals surface area contributed by atoms with Crippen molar-refractivity contribution in [2.75, 3.05) is 0 Å². The fourth-order valence-electron chi connectivity index (χ4n) is 4.23. The van der Waals surface area contributed by atoms with Crippen LogP contribution < -0.4 is 4.74 Å². The maximum Gasteiger partial charge on any atom is 0.213 e. The molecule has 0 aromatic heterocycles. The summed E-state index contributed by atoms with van der Waals surface area (Å²) in [6.45, 7) is 0. The molecule has 10 heteroatoms.